The van der Waals surface area contributed by atoms with Gasteiger partial charge >= 0.3 is 5.97 Å². The minimum Gasteiger partial charge on any atom is -0.463 e. The van der Waals surface area contributed by atoms with Gasteiger partial charge in [-0.05, 0) is 24.1 Å². The molecule has 0 saturated carbocycles. The Morgan fingerprint density at radius 3 is 2.50 bits per heavy atom. The predicted octanol–water partition coefficient (Wildman–Crippen LogP) is 4.05. The van der Waals surface area contributed by atoms with E-state index in [1.165, 1.54) is 6.08 Å². The first kappa shape index (κ1) is 13.5. The molecule has 0 aliphatic rings. The number of alkyl halides is 2. The molecule has 0 N–H and O–H groups in total. The number of hydrogen-bond acceptors (Lipinski definition) is 2. The van der Waals surface area contributed by atoms with Crippen molar-refractivity contribution >= 4 is 43.9 Å². The Kier molecular flexibility index (Phi) is 5.77. The van der Waals surface area contributed by atoms with Gasteiger partial charge in [-0.25, -0.2) is 4.79 Å². The van der Waals surface area contributed by atoms with Crippen LogP contribution in [-0.2, 0) is 9.53 Å². The molecule has 0 atom stereocenters. The van der Waals surface area contributed by atoms with E-state index < -0.39 is 0 Å². The van der Waals surface area contributed by atoms with Gasteiger partial charge in [0, 0.05) is 6.08 Å². The number of carbonyl (C=O) groups is 1. The summed E-state index contributed by atoms with van der Waals surface area (Å²) in [7, 11) is 0. The molecule has 0 aromatic heterocycles. The van der Waals surface area contributed by atoms with Crippen LogP contribution in [0.4, 0.5) is 0 Å². The van der Waals surface area contributed by atoms with E-state index in [0.29, 0.717) is 6.61 Å². The van der Waals surface area contributed by atoms with Gasteiger partial charge in [0.05, 0.1) is 10.3 Å². The van der Waals surface area contributed by atoms with Crippen molar-refractivity contribution in [2.75, 3.05) is 6.61 Å². The molecule has 2 nitrogen and oxygen atoms in total. The molecule has 0 saturated heterocycles. The summed E-state index contributed by atoms with van der Waals surface area (Å²) in [5.74, 6) is -0.314. The lowest BCUT2D eigenvalue weighted by molar-refractivity contribution is -0.137. The molecule has 0 heterocycles. The van der Waals surface area contributed by atoms with Crippen molar-refractivity contribution in [1.29, 1.82) is 0 Å². The summed E-state index contributed by atoms with van der Waals surface area (Å²) in [5, 5.41) is 0. The minimum atomic E-state index is -0.314. The quantitative estimate of drug-likeness (QED) is 0.466. The van der Waals surface area contributed by atoms with E-state index >= 15 is 0 Å². The van der Waals surface area contributed by atoms with Crippen molar-refractivity contribution in [3.8, 4) is 0 Å². The molecular formula is C12H12Br2O2. The fraction of sp³-hybridized carbons (Fsp3) is 0.250. The van der Waals surface area contributed by atoms with Crippen LogP contribution in [0.3, 0.4) is 0 Å². The van der Waals surface area contributed by atoms with Crippen LogP contribution in [0.1, 0.15) is 21.8 Å². The van der Waals surface area contributed by atoms with Gasteiger partial charge < -0.3 is 4.74 Å². The minimum absolute atomic E-state index is 0.156. The first-order chi connectivity index (χ1) is 7.63. The summed E-state index contributed by atoms with van der Waals surface area (Å²) in [4.78, 5) is 11.1. The third-order valence-electron chi connectivity index (χ3n) is 1.89. The molecule has 0 radical (unpaired) electrons. The van der Waals surface area contributed by atoms with Gasteiger partial charge in [-0.2, -0.15) is 0 Å². The van der Waals surface area contributed by atoms with Gasteiger partial charge in [0.1, 0.15) is 0 Å². The SMILES string of the molecule is CCOC(=O)/C=C/c1ccc(C(Br)Br)cc1. The number of halogens is 2. The second kappa shape index (κ2) is 6.86. The Bertz CT molecular complexity index is 369. The summed E-state index contributed by atoms with van der Waals surface area (Å²) < 4.78 is 4.94. The monoisotopic (exact) mass is 346 g/mol. The van der Waals surface area contributed by atoms with E-state index in [2.05, 4.69) is 31.9 Å². The fourth-order valence-corrected chi connectivity index (χ4v) is 1.72. The van der Waals surface area contributed by atoms with Gasteiger partial charge in [-0.3, -0.25) is 0 Å². The van der Waals surface area contributed by atoms with Gasteiger partial charge in [-0.15, -0.1) is 0 Å². The van der Waals surface area contributed by atoms with Crippen molar-refractivity contribution in [2.24, 2.45) is 0 Å². The van der Waals surface area contributed by atoms with Gasteiger partial charge in [0.25, 0.3) is 0 Å². The van der Waals surface area contributed by atoms with Crippen LogP contribution in [0.2, 0.25) is 0 Å². The Balaban J connectivity index is 2.65. The topological polar surface area (TPSA) is 26.3 Å². The highest BCUT2D eigenvalue weighted by atomic mass is 79.9. The first-order valence-corrected chi connectivity index (χ1v) is 6.69. The van der Waals surface area contributed by atoms with Crippen LogP contribution in [0.25, 0.3) is 6.08 Å². The molecule has 0 bridgehead atoms. The van der Waals surface area contributed by atoms with Crippen LogP contribution in [0.15, 0.2) is 30.3 Å². The number of hydrogen-bond donors (Lipinski definition) is 0. The van der Waals surface area contributed by atoms with Crippen molar-refractivity contribution in [3.63, 3.8) is 0 Å². The second-order valence-corrected chi connectivity index (χ2v) is 6.11. The average molecular weight is 348 g/mol. The van der Waals surface area contributed by atoms with Crippen molar-refractivity contribution < 1.29 is 9.53 Å². The smallest absolute Gasteiger partial charge is 0.330 e. The summed E-state index contributed by atoms with van der Waals surface area (Å²) in [6, 6.07) is 7.86. The Morgan fingerprint density at radius 1 is 1.38 bits per heavy atom. The standard InChI is InChI=1S/C12H12Br2O2/c1-2-16-11(15)8-5-9-3-6-10(7-4-9)12(13)14/h3-8,12H,2H2,1H3/b8-5+. The maximum absolute atomic E-state index is 11.1. The van der Waals surface area contributed by atoms with Crippen molar-refractivity contribution in [1.82, 2.24) is 0 Å². The molecule has 0 spiro atoms. The van der Waals surface area contributed by atoms with E-state index in [4.69, 9.17) is 4.74 Å². The number of rotatable bonds is 4. The summed E-state index contributed by atoms with van der Waals surface area (Å²) >= 11 is 6.83. The average Bonchev–Trinajstić information content (AvgIpc) is 2.27. The Labute approximate surface area is 112 Å². The first-order valence-electron chi connectivity index (χ1n) is 4.86. The van der Waals surface area contributed by atoms with E-state index in [9.17, 15) is 4.79 Å². The van der Waals surface area contributed by atoms with E-state index in [1.807, 2.05) is 24.3 Å². The highest BCUT2D eigenvalue weighted by Gasteiger charge is 2.00. The lowest BCUT2D eigenvalue weighted by atomic mass is 10.1. The maximum Gasteiger partial charge on any atom is 0.330 e. The van der Waals surface area contributed by atoms with Crippen LogP contribution in [-0.4, -0.2) is 12.6 Å². The van der Waals surface area contributed by atoms with Gasteiger partial charge in [-0.1, -0.05) is 56.1 Å². The Morgan fingerprint density at radius 2 is 2.00 bits per heavy atom. The van der Waals surface area contributed by atoms with E-state index in [0.717, 1.165) is 11.1 Å². The van der Waals surface area contributed by atoms with E-state index in [-0.39, 0.29) is 9.71 Å². The molecule has 1 rings (SSSR count). The van der Waals surface area contributed by atoms with Crippen LogP contribution in [0, 0.1) is 0 Å². The lowest BCUT2D eigenvalue weighted by Gasteiger charge is -2.01. The van der Waals surface area contributed by atoms with Crippen LogP contribution in [0.5, 0.6) is 0 Å². The highest BCUT2D eigenvalue weighted by molar-refractivity contribution is 9.24. The molecule has 0 aliphatic carbocycles. The van der Waals surface area contributed by atoms with E-state index in [1.54, 1.807) is 13.0 Å². The molecule has 4 heteroatoms. The summed E-state index contributed by atoms with van der Waals surface area (Å²) in [5.41, 5.74) is 2.10. The zero-order chi connectivity index (χ0) is 12.0. The van der Waals surface area contributed by atoms with Crippen LogP contribution >= 0.6 is 31.9 Å². The normalized spacial score (nSPS) is 11.0. The molecular weight excluding hydrogens is 336 g/mol. The molecule has 86 valence electrons. The van der Waals surface area contributed by atoms with Crippen molar-refractivity contribution in [2.45, 2.75) is 10.7 Å². The zero-order valence-corrected chi connectivity index (χ0v) is 12.0. The molecule has 1 aromatic rings. The number of ether oxygens (including phenoxy) is 1. The third kappa shape index (κ3) is 4.49. The maximum atomic E-state index is 11.1. The lowest BCUT2D eigenvalue weighted by Crippen LogP contribution is -1.98. The molecule has 0 fully saturated rings. The molecule has 0 amide bonds. The van der Waals surface area contributed by atoms with Crippen molar-refractivity contribution in [3.05, 3.63) is 41.5 Å². The summed E-state index contributed by atoms with van der Waals surface area (Å²) in [6.45, 7) is 2.18. The van der Waals surface area contributed by atoms with Gasteiger partial charge in [0.2, 0.25) is 0 Å². The molecule has 16 heavy (non-hydrogen) atoms. The predicted molar refractivity (Wildman–Crippen MR) is 72.7 cm³/mol. The second-order valence-electron chi connectivity index (χ2n) is 3.05. The fourth-order valence-electron chi connectivity index (χ4n) is 1.11. The third-order valence-corrected chi connectivity index (χ3v) is 2.94. The molecule has 1 aromatic carbocycles. The number of benzene rings is 1. The highest BCUT2D eigenvalue weighted by Crippen LogP contribution is 2.28. The molecule has 0 unspecified atom stereocenters. The largest absolute Gasteiger partial charge is 0.463 e. The number of carbonyl (C=O) groups excluding carboxylic acids is 1. The molecule has 0 aliphatic heterocycles. The van der Waals surface area contributed by atoms with Crippen LogP contribution < -0.4 is 0 Å². The number of esters is 1. The van der Waals surface area contributed by atoms with Gasteiger partial charge in [0.15, 0.2) is 0 Å². The summed E-state index contributed by atoms with van der Waals surface area (Å²) in [6.07, 6.45) is 3.16. The zero-order valence-electron chi connectivity index (χ0n) is 8.82. The Hall–Kier alpha value is -0.610.